The third-order valence-corrected chi connectivity index (χ3v) is 2.14. The molecule has 0 radical (unpaired) electrons. The van der Waals surface area contributed by atoms with Gasteiger partial charge in [0.2, 0.25) is 0 Å². The Bertz CT molecular complexity index is 296. The minimum absolute atomic E-state index is 0.236. The van der Waals surface area contributed by atoms with Gasteiger partial charge in [0.1, 0.15) is 11.6 Å². The smallest absolute Gasteiger partial charge is 0.408 e. The summed E-state index contributed by atoms with van der Waals surface area (Å²) in [4.78, 5) is 23.3. The van der Waals surface area contributed by atoms with Crippen LogP contribution in [0.2, 0.25) is 0 Å². The van der Waals surface area contributed by atoms with Gasteiger partial charge in [0.05, 0.1) is 12.7 Å². The predicted molar refractivity (Wildman–Crippen MR) is 70.7 cm³/mol. The van der Waals surface area contributed by atoms with Crippen molar-refractivity contribution >= 4 is 12.1 Å². The number of alkyl carbamates (subject to hydrolysis) is 1. The molecule has 19 heavy (non-hydrogen) atoms. The van der Waals surface area contributed by atoms with E-state index in [1.165, 1.54) is 0 Å². The first kappa shape index (κ1) is 17.7. The molecule has 112 valence electrons. The largest absolute Gasteiger partial charge is 0.464 e. The van der Waals surface area contributed by atoms with Crippen LogP contribution in [0.5, 0.6) is 0 Å². The van der Waals surface area contributed by atoms with Crippen molar-refractivity contribution in [2.24, 2.45) is 0 Å². The molecule has 0 spiro atoms. The maximum Gasteiger partial charge on any atom is 0.408 e. The normalized spacial score (nSPS) is 14.4. The summed E-state index contributed by atoms with van der Waals surface area (Å²) in [5, 5.41) is 11.7. The second kappa shape index (κ2) is 7.99. The van der Waals surface area contributed by atoms with Crippen LogP contribution in [0.3, 0.4) is 0 Å². The van der Waals surface area contributed by atoms with Crippen LogP contribution in [0, 0.1) is 0 Å². The Balaban J connectivity index is 4.48. The van der Waals surface area contributed by atoms with E-state index in [9.17, 15) is 14.7 Å². The first-order valence-corrected chi connectivity index (χ1v) is 6.50. The zero-order valence-electron chi connectivity index (χ0n) is 12.4. The fraction of sp³-hybridized carbons (Fsp3) is 0.846. The number of nitrogens with one attached hydrogen (secondary N) is 1. The number of esters is 1. The average Bonchev–Trinajstić information content (AvgIpc) is 2.21. The first-order valence-electron chi connectivity index (χ1n) is 6.50. The summed E-state index contributed by atoms with van der Waals surface area (Å²) in [6.45, 7) is 8.76. The minimum Gasteiger partial charge on any atom is -0.464 e. The van der Waals surface area contributed by atoms with E-state index in [4.69, 9.17) is 9.47 Å². The van der Waals surface area contributed by atoms with Gasteiger partial charge in [-0.3, -0.25) is 0 Å². The Kier molecular flexibility index (Phi) is 7.44. The molecule has 0 fully saturated rings. The molecule has 1 amide bonds. The lowest BCUT2D eigenvalue weighted by molar-refractivity contribution is -0.146. The lowest BCUT2D eigenvalue weighted by atomic mass is 10.1. The van der Waals surface area contributed by atoms with Crippen molar-refractivity contribution < 1.29 is 24.2 Å². The Labute approximate surface area is 114 Å². The molecule has 0 aromatic rings. The summed E-state index contributed by atoms with van der Waals surface area (Å²) in [5.41, 5.74) is -0.631. The number of amides is 1. The fourth-order valence-electron chi connectivity index (χ4n) is 1.35. The molecule has 0 aromatic carbocycles. The van der Waals surface area contributed by atoms with Gasteiger partial charge in [-0.25, -0.2) is 9.59 Å². The van der Waals surface area contributed by atoms with Gasteiger partial charge in [-0.15, -0.1) is 0 Å². The highest BCUT2D eigenvalue weighted by Crippen LogP contribution is 2.09. The topological polar surface area (TPSA) is 84.9 Å². The molecule has 6 nitrogen and oxygen atoms in total. The standard InChI is InChI=1S/C13H25NO5/c1-6-18-11(16)10(8-7-9(2)15)14-12(17)19-13(3,4)5/h9-10,15H,6-8H2,1-5H3,(H,14,17)/t9-,10+/m0/s1. The Hall–Kier alpha value is -1.30. The molecule has 2 N–H and O–H groups in total. The van der Waals surface area contributed by atoms with E-state index in [-0.39, 0.29) is 6.61 Å². The molecule has 0 aliphatic rings. The number of hydrogen-bond donors (Lipinski definition) is 2. The van der Waals surface area contributed by atoms with Crippen LogP contribution in [0.4, 0.5) is 4.79 Å². The molecule has 0 saturated carbocycles. The zero-order valence-corrected chi connectivity index (χ0v) is 12.4. The summed E-state index contributed by atoms with van der Waals surface area (Å²) >= 11 is 0. The summed E-state index contributed by atoms with van der Waals surface area (Å²) in [5.74, 6) is -0.519. The first-order chi connectivity index (χ1) is 8.65. The third-order valence-electron chi connectivity index (χ3n) is 2.14. The molecule has 6 heteroatoms. The Morgan fingerprint density at radius 1 is 1.26 bits per heavy atom. The summed E-state index contributed by atoms with van der Waals surface area (Å²) in [6, 6.07) is -0.801. The van der Waals surface area contributed by atoms with Gasteiger partial charge in [0, 0.05) is 0 Å². The highest BCUT2D eigenvalue weighted by Gasteiger charge is 2.25. The molecule has 0 aliphatic carbocycles. The quantitative estimate of drug-likeness (QED) is 0.719. The molecule has 0 unspecified atom stereocenters. The molecular formula is C13H25NO5. The van der Waals surface area contributed by atoms with Gasteiger partial charge in [0.15, 0.2) is 0 Å². The van der Waals surface area contributed by atoms with Crippen LogP contribution < -0.4 is 5.32 Å². The van der Waals surface area contributed by atoms with Crippen molar-refractivity contribution in [3.8, 4) is 0 Å². The molecule has 0 bridgehead atoms. The molecular weight excluding hydrogens is 250 g/mol. The van der Waals surface area contributed by atoms with Crippen molar-refractivity contribution in [2.75, 3.05) is 6.61 Å². The van der Waals surface area contributed by atoms with E-state index < -0.39 is 29.8 Å². The number of rotatable bonds is 6. The van der Waals surface area contributed by atoms with Gasteiger partial charge >= 0.3 is 12.1 Å². The van der Waals surface area contributed by atoms with Crippen LogP contribution in [-0.2, 0) is 14.3 Å². The maximum atomic E-state index is 11.7. The van der Waals surface area contributed by atoms with E-state index in [1.54, 1.807) is 34.6 Å². The van der Waals surface area contributed by atoms with Crippen molar-refractivity contribution in [1.82, 2.24) is 5.32 Å². The monoisotopic (exact) mass is 275 g/mol. The van der Waals surface area contributed by atoms with Gasteiger partial charge in [0.25, 0.3) is 0 Å². The van der Waals surface area contributed by atoms with Gasteiger partial charge in [-0.1, -0.05) is 0 Å². The summed E-state index contributed by atoms with van der Waals surface area (Å²) in [7, 11) is 0. The Morgan fingerprint density at radius 2 is 1.84 bits per heavy atom. The summed E-state index contributed by atoms with van der Waals surface area (Å²) < 4.78 is 9.96. The van der Waals surface area contributed by atoms with Gasteiger partial charge < -0.3 is 19.9 Å². The van der Waals surface area contributed by atoms with E-state index in [0.717, 1.165) is 0 Å². The highest BCUT2D eigenvalue weighted by molar-refractivity contribution is 5.81. The molecule has 0 heterocycles. The number of aliphatic hydroxyl groups is 1. The molecule has 0 aromatic heterocycles. The third kappa shape index (κ3) is 9.30. The van der Waals surface area contributed by atoms with E-state index in [0.29, 0.717) is 12.8 Å². The Morgan fingerprint density at radius 3 is 2.26 bits per heavy atom. The number of ether oxygens (including phenoxy) is 2. The molecule has 0 aliphatic heterocycles. The molecule has 0 rings (SSSR count). The zero-order chi connectivity index (χ0) is 15.1. The predicted octanol–water partition coefficient (Wildman–Crippen LogP) is 1.60. The number of hydrogen-bond acceptors (Lipinski definition) is 5. The van der Waals surface area contributed by atoms with Crippen molar-refractivity contribution in [1.29, 1.82) is 0 Å². The van der Waals surface area contributed by atoms with Gasteiger partial charge in [-0.2, -0.15) is 0 Å². The van der Waals surface area contributed by atoms with Crippen LogP contribution in [0.15, 0.2) is 0 Å². The highest BCUT2D eigenvalue weighted by atomic mass is 16.6. The second-order valence-corrected chi connectivity index (χ2v) is 5.38. The molecule has 0 saturated heterocycles. The van der Waals surface area contributed by atoms with Crippen LogP contribution in [-0.4, -0.2) is 41.5 Å². The van der Waals surface area contributed by atoms with E-state index in [1.807, 2.05) is 0 Å². The van der Waals surface area contributed by atoms with E-state index in [2.05, 4.69) is 5.32 Å². The lowest BCUT2D eigenvalue weighted by Gasteiger charge is -2.23. The number of carbonyl (C=O) groups is 2. The van der Waals surface area contributed by atoms with Crippen molar-refractivity contribution in [3.05, 3.63) is 0 Å². The fourth-order valence-corrected chi connectivity index (χ4v) is 1.35. The molecule has 2 atom stereocenters. The second-order valence-electron chi connectivity index (χ2n) is 5.38. The van der Waals surface area contributed by atoms with Crippen molar-refractivity contribution in [2.45, 2.75) is 65.2 Å². The van der Waals surface area contributed by atoms with Crippen LogP contribution >= 0.6 is 0 Å². The lowest BCUT2D eigenvalue weighted by Crippen LogP contribution is -2.44. The van der Waals surface area contributed by atoms with Gasteiger partial charge in [-0.05, 0) is 47.5 Å². The minimum atomic E-state index is -0.801. The van der Waals surface area contributed by atoms with Crippen LogP contribution in [0.25, 0.3) is 0 Å². The average molecular weight is 275 g/mol. The SMILES string of the molecule is CCOC(=O)[C@@H](CC[C@H](C)O)NC(=O)OC(C)(C)C. The number of carbonyl (C=O) groups excluding carboxylic acids is 2. The van der Waals surface area contributed by atoms with E-state index >= 15 is 0 Å². The maximum absolute atomic E-state index is 11.7. The summed E-state index contributed by atoms with van der Waals surface area (Å²) in [6.07, 6.45) is -0.525. The van der Waals surface area contributed by atoms with Crippen LogP contribution in [0.1, 0.15) is 47.5 Å². The van der Waals surface area contributed by atoms with Crippen molar-refractivity contribution in [3.63, 3.8) is 0 Å². The number of aliphatic hydroxyl groups excluding tert-OH is 1.